The normalized spacial score (nSPS) is 12.1. The highest BCUT2D eigenvalue weighted by molar-refractivity contribution is 7.89. The molecule has 0 aliphatic heterocycles. The number of benzene rings is 1. The van der Waals surface area contributed by atoms with Crippen LogP contribution in [0.3, 0.4) is 0 Å². The standard InChI is InChI=1S/C13H21FN2O2S/c1-10-6-7-12(11(2)13(10)14)19(17,18)15-8-5-9-16(3)4/h6-7,15H,5,8-9H2,1-4H3/p+1. The van der Waals surface area contributed by atoms with Crippen LogP contribution in [0.1, 0.15) is 17.5 Å². The molecule has 0 spiro atoms. The molecule has 0 fully saturated rings. The molecule has 0 heterocycles. The van der Waals surface area contributed by atoms with Crippen LogP contribution < -0.4 is 9.62 Å². The van der Waals surface area contributed by atoms with Crippen LogP contribution in [0, 0.1) is 19.7 Å². The molecule has 0 aliphatic rings. The molecular weight excluding hydrogens is 267 g/mol. The van der Waals surface area contributed by atoms with E-state index in [-0.39, 0.29) is 10.5 Å². The second-order valence-electron chi connectivity index (χ2n) is 5.03. The molecule has 108 valence electrons. The third kappa shape index (κ3) is 4.26. The van der Waals surface area contributed by atoms with Gasteiger partial charge >= 0.3 is 0 Å². The number of rotatable bonds is 6. The van der Waals surface area contributed by atoms with Gasteiger partial charge in [-0.25, -0.2) is 17.5 Å². The fraction of sp³-hybridized carbons (Fsp3) is 0.538. The summed E-state index contributed by atoms with van der Waals surface area (Å²) >= 11 is 0. The van der Waals surface area contributed by atoms with Crippen molar-refractivity contribution in [2.45, 2.75) is 25.2 Å². The van der Waals surface area contributed by atoms with Crippen molar-refractivity contribution in [3.05, 3.63) is 29.1 Å². The minimum atomic E-state index is -3.63. The summed E-state index contributed by atoms with van der Waals surface area (Å²) in [5.74, 6) is -0.458. The van der Waals surface area contributed by atoms with Gasteiger partial charge in [0.1, 0.15) is 5.82 Å². The molecule has 0 radical (unpaired) electrons. The summed E-state index contributed by atoms with van der Waals surface area (Å²) in [5, 5.41) is 0. The van der Waals surface area contributed by atoms with E-state index in [1.807, 2.05) is 14.1 Å². The Balaban J connectivity index is 2.81. The highest BCUT2D eigenvalue weighted by Crippen LogP contribution is 2.20. The van der Waals surface area contributed by atoms with Crippen LogP contribution in [0.2, 0.25) is 0 Å². The Morgan fingerprint density at radius 3 is 2.47 bits per heavy atom. The molecule has 0 aliphatic carbocycles. The minimum absolute atomic E-state index is 0.0211. The summed E-state index contributed by atoms with van der Waals surface area (Å²) in [6.45, 7) is 4.35. The van der Waals surface area contributed by atoms with Crippen LogP contribution in [-0.4, -0.2) is 35.6 Å². The van der Waals surface area contributed by atoms with Crippen LogP contribution in [-0.2, 0) is 10.0 Å². The van der Waals surface area contributed by atoms with Crippen LogP contribution >= 0.6 is 0 Å². The van der Waals surface area contributed by atoms with Crippen molar-refractivity contribution in [1.82, 2.24) is 4.72 Å². The Bertz CT molecular complexity index is 542. The number of hydrogen-bond donors (Lipinski definition) is 2. The molecule has 2 N–H and O–H groups in total. The largest absolute Gasteiger partial charge is 0.340 e. The molecule has 6 heteroatoms. The second kappa shape index (κ2) is 6.45. The van der Waals surface area contributed by atoms with Crippen LogP contribution in [0.25, 0.3) is 0 Å². The van der Waals surface area contributed by atoms with E-state index < -0.39 is 15.8 Å². The zero-order valence-corrected chi connectivity index (χ0v) is 12.7. The minimum Gasteiger partial charge on any atom is -0.340 e. The maximum absolute atomic E-state index is 13.7. The zero-order valence-electron chi connectivity index (χ0n) is 11.9. The monoisotopic (exact) mass is 289 g/mol. The lowest BCUT2D eigenvalue weighted by atomic mass is 10.1. The van der Waals surface area contributed by atoms with Gasteiger partial charge in [-0.05, 0) is 25.5 Å². The van der Waals surface area contributed by atoms with E-state index in [9.17, 15) is 12.8 Å². The predicted molar refractivity (Wildman–Crippen MR) is 73.4 cm³/mol. The van der Waals surface area contributed by atoms with Crippen molar-refractivity contribution >= 4 is 10.0 Å². The number of hydrogen-bond acceptors (Lipinski definition) is 2. The van der Waals surface area contributed by atoms with Gasteiger partial charge in [-0.15, -0.1) is 0 Å². The van der Waals surface area contributed by atoms with E-state index in [0.717, 1.165) is 13.0 Å². The van der Waals surface area contributed by atoms with Crippen molar-refractivity contribution in [2.75, 3.05) is 27.2 Å². The Morgan fingerprint density at radius 1 is 1.26 bits per heavy atom. The molecule has 0 atom stereocenters. The van der Waals surface area contributed by atoms with Gasteiger partial charge in [0.2, 0.25) is 10.0 Å². The van der Waals surface area contributed by atoms with Gasteiger partial charge in [-0.2, -0.15) is 0 Å². The van der Waals surface area contributed by atoms with Crippen molar-refractivity contribution in [1.29, 1.82) is 0 Å². The SMILES string of the molecule is Cc1ccc(S(=O)(=O)NCCC[NH+](C)C)c(C)c1F. The fourth-order valence-corrected chi connectivity index (χ4v) is 3.13. The number of nitrogens with one attached hydrogen (secondary N) is 2. The maximum atomic E-state index is 13.7. The third-order valence-corrected chi connectivity index (χ3v) is 4.57. The Kier molecular flexibility index (Phi) is 5.46. The van der Waals surface area contributed by atoms with E-state index in [4.69, 9.17) is 0 Å². The molecule has 0 saturated carbocycles. The molecule has 0 unspecified atom stereocenters. The Labute approximate surface area is 114 Å². The van der Waals surface area contributed by atoms with E-state index in [2.05, 4.69) is 4.72 Å². The van der Waals surface area contributed by atoms with Gasteiger partial charge in [0.25, 0.3) is 0 Å². The smallest absolute Gasteiger partial charge is 0.240 e. The lowest BCUT2D eigenvalue weighted by Crippen LogP contribution is -3.05. The van der Waals surface area contributed by atoms with Crippen molar-refractivity contribution < 1.29 is 17.7 Å². The van der Waals surface area contributed by atoms with E-state index >= 15 is 0 Å². The highest BCUT2D eigenvalue weighted by Gasteiger charge is 2.19. The summed E-state index contributed by atoms with van der Waals surface area (Å²) in [5.41, 5.74) is 0.624. The molecular formula is C13H22FN2O2S+. The third-order valence-electron chi connectivity index (χ3n) is 2.96. The van der Waals surface area contributed by atoms with Gasteiger partial charge in [0.05, 0.1) is 25.5 Å². The summed E-state index contributed by atoms with van der Waals surface area (Å²) in [4.78, 5) is 1.28. The average molecular weight is 289 g/mol. The van der Waals surface area contributed by atoms with Crippen molar-refractivity contribution in [3.8, 4) is 0 Å². The quantitative estimate of drug-likeness (QED) is 0.738. The van der Waals surface area contributed by atoms with Gasteiger partial charge in [0.15, 0.2) is 0 Å². The zero-order chi connectivity index (χ0) is 14.6. The van der Waals surface area contributed by atoms with Crippen LogP contribution in [0.15, 0.2) is 17.0 Å². The van der Waals surface area contributed by atoms with Gasteiger partial charge in [-0.1, -0.05) is 6.07 Å². The molecule has 1 aromatic rings. The summed E-state index contributed by atoms with van der Waals surface area (Å²) in [6, 6.07) is 2.94. The molecule has 1 rings (SSSR count). The molecule has 0 saturated heterocycles. The first-order chi connectivity index (χ1) is 8.75. The van der Waals surface area contributed by atoms with Crippen molar-refractivity contribution in [3.63, 3.8) is 0 Å². The number of aryl methyl sites for hydroxylation is 1. The summed E-state index contributed by atoms with van der Waals surface area (Å²) in [7, 11) is 0.388. The lowest BCUT2D eigenvalue weighted by Gasteiger charge is -2.11. The number of quaternary nitrogens is 1. The lowest BCUT2D eigenvalue weighted by molar-refractivity contribution is -0.858. The molecule has 19 heavy (non-hydrogen) atoms. The van der Waals surface area contributed by atoms with E-state index in [1.54, 1.807) is 6.92 Å². The molecule has 4 nitrogen and oxygen atoms in total. The highest BCUT2D eigenvalue weighted by atomic mass is 32.2. The Hall–Kier alpha value is -0.980. The fourth-order valence-electron chi connectivity index (χ4n) is 1.82. The molecule has 1 aromatic carbocycles. The second-order valence-corrected chi connectivity index (χ2v) is 6.76. The van der Waals surface area contributed by atoms with Gasteiger partial charge < -0.3 is 4.90 Å². The Morgan fingerprint density at radius 2 is 1.89 bits per heavy atom. The maximum Gasteiger partial charge on any atom is 0.240 e. The number of sulfonamides is 1. The summed E-state index contributed by atoms with van der Waals surface area (Å²) in [6.07, 6.45) is 0.745. The van der Waals surface area contributed by atoms with E-state index in [1.165, 1.54) is 24.0 Å². The summed E-state index contributed by atoms with van der Waals surface area (Å²) < 4.78 is 40.4. The molecule has 0 amide bonds. The molecule has 0 aromatic heterocycles. The average Bonchev–Trinajstić information content (AvgIpc) is 2.31. The first kappa shape index (κ1) is 16.1. The van der Waals surface area contributed by atoms with Crippen molar-refractivity contribution in [2.24, 2.45) is 0 Å². The number of halogens is 1. The van der Waals surface area contributed by atoms with E-state index in [0.29, 0.717) is 12.1 Å². The topological polar surface area (TPSA) is 50.6 Å². The first-order valence-electron chi connectivity index (χ1n) is 6.30. The van der Waals surface area contributed by atoms with Gasteiger partial charge in [0, 0.05) is 18.5 Å². The van der Waals surface area contributed by atoms with Gasteiger partial charge in [-0.3, -0.25) is 0 Å². The van der Waals surface area contributed by atoms with Crippen LogP contribution in [0.4, 0.5) is 4.39 Å². The molecule has 0 bridgehead atoms. The first-order valence-corrected chi connectivity index (χ1v) is 7.78. The van der Waals surface area contributed by atoms with Crippen LogP contribution in [0.5, 0.6) is 0 Å². The predicted octanol–water partition coefficient (Wildman–Crippen LogP) is 0.255.